The molecule has 2 aromatic carbocycles. The Hall–Kier alpha value is -1.80. The molecular weight excluding hydrogens is 460 g/mol. The monoisotopic (exact) mass is 490 g/mol. The van der Waals surface area contributed by atoms with Crippen molar-refractivity contribution in [3.63, 3.8) is 0 Å². The lowest BCUT2D eigenvalue weighted by molar-refractivity contribution is 0.0947. The number of benzene rings is 2. The summed E-state index contributed by atoms with van der Waals surface area (Å²) in [5.74, 6) is 1.02. The number of hydrogen-bond acceptors (Lipinski definition) is 6. The van der Waals surface area contributed by atoms with E-state index in [1.165, 1.54) is 15.8 Å². The molecule has 0 atom stereocenters. The van der Waals surface area contributed by atoms with E-state index in [9.17, 15) is 4.79 Å². The van der Waals surface area contributed by atoms with Crippen molar-refractivity contribution in [3.05, 3.63) is 53.1 Å². The zero-order chi connectivity index (χ0) is 21.8. The first-order valence-corrected chi connectivity index (χ1v) is 12.7. The third-order valence-electron chi connectivity index (χ3n) is 5.57. The highest BCUT2D eigenvalue weighted by molar-refractivity contribution is 7.99. The number of nitrogens with one attached hydrogen (secondary N) is 1. The van der Waals surface area contributed by atoms with Gasteiger partial charge in [-0.2, -0.15) is 0 Å². The zero-order valence-corrected chi connectivity index (χ0v) is 21.3. The highest BCUT2D eigenvalue weighted by atomic mass is 35.5. The summed E-state index contributed by atoms with van der Waals surface area (Å²) in [4.78, 5) is 23.3. The third-order valence-corrected chi connectivity index (χ3v) is 7.72. The van der Waals surface area contributed by atoms with Crippen LogP contribution in [0.5, 0.6) is 0 Å². The summed E-state index contributed by atoms with van der Waals surface area (Å²) in [6.07, 6.45) is 0. The number of fused-ring (bicyclic) bond motifs is 1. The van der Waals surface area contributed by atoms with Gasteiger partial charge in [-0.3, -0.25) is 9.69 Å². The molecule has 4 rings (SSSR count). The molecule has 3 aromatic rings. The Bertz CT molecular complexity index is 1060. The Labute approximate surface area is 205 Å². The molecule has 1 N–H and O–H groups in total. The number of aryl methyl sites for hydroxylation is 2. The number of thiazole rings is 1. The van der Waals surface area contributed by atoms with Crippen LogP contribution in [0.15, 0.2) is 41.3 Å². The molecule has 172 valence electrons. The Morgan fingerprint density at radius 2 is 1.94 bits per heavy atom. The Morgan fingerprint density at radius 1 is 1.16 bits per heavy atom. The number of nitrogens with zero attached hydrogens (tertiary/aromatic N) is 3. The number of piperazine rings is 1. The summed E-state index contributed by atoms with van der Waals surface area (Å²) in [6.45, 7) is 11.9. The number of anilines is 1. The molecule has 0 bridgehead atoms. The minimum absolute atomic E-state index is 0. The van der Waals surface area contributed by atoms with E-state index < -0.39 is 0 Å². The molecule has 0 unspecified atom stereocenters. The van der Waals surface area contributed by atoms with Gasteiger partial charge in [0.05, 0.1) is 10.2 Å². The van der Waals surface area contributed by atoms with Gasteiger partial charge in [-0.05, 0) is 55.0 Å². The fraction of sp³-hybridized carbons (Fsp3) is 0.417. The molecule has 1 aliphatic rings. The molecule has 0 radical (unpaired) electrons. The third kappa shape index (κ3) is 5.95. The maximum absolute atomic E-state index is 12.5. The molecule has 1 aliphatic heterocycles. The fourth-order valence-electron chi connectivity index (χ4n) is 3.99. The Kier molecular flexibility index (Phi) is 8.82. The van der Waals surface area contributed by atoms with E-state index in [0.29, 0.717) is 6.54 Å². The first kappa shape index (κ1) is 24.8. The lowest BCUT2D eigenvalue weighted by atomic mass is 10.1. The van der Waals surface area contributed by atoms with E-state index >= 15 is 0 Å². The van der Waals surface area contributed by atoms with E-state index in [2.05, 4.69) is 54.1 Å². The largest absolute Gasteiger partial charge is 0.351 e. The topological polar surface area (TPSA) is 48.5 Å². The normalized spacial score (nSPS) is 14.4. The Balaban J connectivity index is 0.00000289. The summed E-state index contributed by atoms with van der Waals surface area (Å²) in [6, 6.07) is 12.3. The van der Waals surface area contributed by atoms with Crippen molar-refractivity contribution >= 4 is 56.8 Å². The first-order valence-electron chi connectivity index (χ1n) is 10.9. The average molecular weight is 491 g/mol. The van der Waals surface area contributed by atoms with E-state index in [0.717, 1.165) is 59.6 Å². The van der Waals surface area contributed by atoms with Crippen molar-refractivity contribution in [3.8, 4) is 0 Å². The SMILES string of the molecule is CCSc1cccc(C(=O)NCCN2CCN(c3nc4cc(C)cc(C)c4s3)CC2)c1.Cl. The van der Waals surface area contributed by atoms with Crippen molar-refractivity contribution in [2.24, 2.45) is 0 Å². The molecule has 5 nitrogen and oxygen atoms in total. The van der Waals surface area contributed by atoms with Crippen LogP contribution in [0.3, 0.4) is 0 Å². The zero-order valence-electron chi connectivity index (χ0n) is 18.9. The van der Waals surface area contributed by atoms with Crippen LogP contribution in [0.1, 0.15) is 28.4 Å². The van der Waals surface area contributed by atoms with Crippen molar-refractivity contribution in [2.45, 2.75) is 25.7 Å². The molecule has 0 spiro atoms. The van der Waals surface area contributed by atoms with Gasteiger partial charge in [0.2, 0.25) is 0 Å². The van der Waals surface area contributed by atoms with Crippen LogP contribution in [-0.4, -0.2) is 60.8 Å². The molecule has 0 aliphatic carbocycles. The fourth-order valence-corrected chi connectivity index (χ4v) is 5.77. The van der Waals surface area contributed by atoms with Gasteiger partial charge in [-0.25, -0.2) is 4.98 Å². The number of carbonyl (C=O) groups is 1. The van der Waals surface area contributed by atoms with Crippen molar-refractivity contribution in [2.75, 3.05) is 49.9 Å². The molecule has 8 heteroatoms. The van der Waals surface area contributed by atoms with Crippen LogP contribution in [0, 0.1) is 13.8 Å². The van der Waals surface area contributed by atoms with E-state index in [1.807, 2.05) is 18.2 Å². The standard InChI is InChI=1S/C24H30N4OS2.ClH/c1-4-30-20-7-5-6-19(16-20)23(29)25-8-9-27-10-12-28(13-11-27)24-26-21-15-17(2)14-18(3)22(21)31-24;/h5-7,14-16H,4,8-13H2,1-3H3,(H,25,29);1H. The predicted molar refractivity (Wildman–Crippen MR) is 140 cm³/mol. The smallest absolute Gasteiger partial charge is 0.251 e. The van der Waals surface area contributed by atoms with Crippen LogP contribution >= 0.6 is 35.5 Å². The highest BCUT2D eigenvalue weighted by Crippen LogP contribution is 2.32. The molecule has 32 heavy (non-hydrogen) atoms. The average Bonchev–Trinajstić information content (AvgIpc) is 3.19. The molecule has 1 fully saturated rings. The number of rotatable bonds is 7. The highest BCUT2D eigenvalue weighted by Gasteiger charge is 2.20. The maximum Gasteiger partial charge on any atom is 0.251 e. The first-order chi connectivity index (χ1) is 15.0. The molecular formula is C24H31ClN4OS2. The number of aromatic nitrogens is 1. The van der Waals surface area contributed by atoms with Crippen LogP contribution in [0.4, 0.5) is 5.13 Å². The van der Waals surface area contributed by atoms with Gasteiger partial charge in [0, 0.05) is 49.7 Å². The summed E-state index contributed by atoms with van der Waals surface area (Å²) >= 11 is 3.56. The lowest BCUT2D eigenvalue weighted by Gasteiger charge is -2.34. The van der Waals surface area contributed by atoms with E-state index in [1.54, 1.807) is 23.1 Å². The van der Waals surface area contributed by atoms with Gasteiger partial charge in [-0.15, -0.1) is 24.2 Å². The second-order valence-electron chi connectivity index (χ2n) is 7.97. The van der Waals surface area contributed by atoms with Crippen LogP contribution in [-0.2, 0) is 0 Å². The number of thioether (sulfide) groups is 1. The summed E-state index contributed by atoms with van der Waals surface area (Å²) in [5, 5.41) is 4.20. The van der Waals surface area contributed by atoms with Gasteiger partial charge in [0.15, 0.2) is 5.13 Å². The van der Waals surface area contributed by atoms with Crippen LogP contribution in [0.2, 0.25) is 0 Å². The summed E-state index contributed by atoms with van der Waals surface area (Å²) in [7, 11) is 0. The maximum atomic E-state index is 12.5. The van der Waals surface area contributed by atoms with Gasteiger partial charge in [-0.1, -0.05) is 30.4 Å². The van der Waals surface area contributed by atoms with Crippen molar-refractivity contribution in [1.82, 2.24) is 15.2 Å². The number of carbonyl (C=O) groups excluding carboxylic acids is 1. The quantitative estimate of drug-likeness (QED) is 0.472. The minimum atomic E-state index is 0. The second-order valence-corrected chi connectivity index (χ2v) is 10.3. The molecule has 1 amide bonds. The predicted octanol–water partition coefficient (Wildman–Crippen LogP) is 5.00. The summed E-state index contributed by atoms with van der Waals surface area (Å²) in [5.41, 5.74) is 4.44. The van der Waals surface area contributed by atoms with Crippen LogP contribution < -0.4 is 10.2 Å². The van der Waals surface area contributed by atoms with Crippen LogP contribution in [0.25, 0.3) is 10.2 Å². The van der Waals surface area contributed by atoms with E-state index in [4.69, 9.17) is 4.98 Å². The van der Waals surface area contributed by atoms with Gasteiger partial charge >= 0.3 is 0 Å². The van der Waals surface area contributed by atoms with Crippen molar-refractivity contribution < 1.29 is 4.79 Å². The lowest BCUT2D eigenvalue weighted by Crippen LogP contribution is -2.48. The number of hydrogen-bond donors (Lipinski definition) is 1. The number of amides is 1. The van der Waals surface area contributed by atoms with Gasteiger partial charge in [0.1, 0.15) is 0 Å². The number of halogens is 1. The molecule has 2 heterocycles. The minimum Gasteiger partial charge on any atom is -0.351 e. The molecule has 1 saturated heterocycles. The second kappa shape index (κ2) is 11.4. The van der Waals surface area contributed by atoms with Crippen molar-refractivity contribution in [1.29, 1.82) is 0 Å². The van der Waals surface area contributed by atoms with Gasteiger partial charge < -0.3 is 10.2 Å². The van der Waals surface area contributed by atoms with E-state index in [-0.39, 0.29) is 18.3 Å². The molecule has 1 aromatic heterocycles. The summed E-state index contributed by atoms with van der Waals surface area (Å²) < 4.78 is 1.30. The van der Waals surface area contributed by atoms with Gasteiger partial charge in [0.25, 0.3) is 5.91 Å². The Morgan fingerprint density at radius 3 is 2.69 bits per heavy atom. The molecule has 0 saturated carbocycles.